The Balaban J connectivity index is 1.46. The fraction of sp³-hybridized carbons (Fsp3) is 0.292. The number of nitrogens with one attached hydrogen (secondary N) is 1. The molecule has 4 nitrogen and oxygen atoms in total. The van der Waals surface area contributed by atoms with Gasteiger partial charge in [-0.15, -0.1) is 11.3 Å². The number of nitrogen functional groups attached to an aromatic ring is 1. The Morgan fingerprint density at radius 3 is 2.48 bits per heavy atom. The van der Waals surface area contributed by atoms with Crippen LogP contribution in [0.15, 0.2) is 60.0 Å². The molecular weight excluding hydrogens is 378 g/mol. The smallest absolute Gasteiger partial charge is 0.255 e. The minimum Gasteiger partial charge on any atom is -0.397 e. The molecule has 150 valence electrons. The lowest BCUT2D eigenvalue weighted by molar-refractivity contribution is 0.102. The van der Waals surface area contributed by atoms with Gasteiger partial charge in [-0.25, -0.2) is 0 Å². The number of amides is 1. The highest BCUT2D eigenvalue weighted by Gasteiger charge is 2.26. The maximum absolute atomic E-state index is 12.7. The van der Waals surface area contributed by atoms with Crippen LogP contribution in [-0.4, -0.2) is 22.9 Å². The largest absolute Gasteiger partial charge is 0.397 e. The van der Waals surface area contributed by atoms with Crippen LogP contribution in [-0.2, 0) is 6.54 Å². The monoisotopic (exact) mass is 405 g/mol. The minimum absolute atomic E-state index is 0.144. The van der Waals surface area contributed by atoms with Crippen molar-refractivity contribution in [3.8, 4) is 10.4 Å². The molecule has 0 aliphatic carbocycles. The number of rotatable bonds is 5. The first-order valence-electron chi connectivity index (χ1n) is 10.1. The number of anilines is 2. The summed E-state index contributed by atoms with van der Waals surface area (Å²) in [6, 6.07) is 19.0. The van der Waals surface area contributed by atoms with Gasteiger partial charge >= 0.3 is 0 Å². The summed E-state index contributed by atoms with van der Waals surface area (Å²) in [5.74, 6) is -0.144. The molecule has 1 fully saturated rings. The highest BCUT2D eigenvalue weighted by atomic mass is 32.1. The molecule has 1 aliphatic rings. The van der Waals surface area contributed by atoms with E-state index in [-0.39, 0.29) is 5.91 Å². The van der Waals surface area contributed by atoms with Gasteiger partial charge in [0.1, 0.15) is 0 Å². The topological polar surface area (TPSA) is 58.4 Å². The molecule has 1 amide bonds. The van der Waals surface area contributed by atoms with E-state index in [1.54, 1.807) is 11.3 Å². The Kier molecular flexibility index (Phi) is 5.69. The zero-order valence-electron chi connectivity index (χ0n) is 16.9. The molecular formula is C24H27N3OS. The van der Waals surface area contributed by atoms with Crippen LogP contribution >= 0.6 is 11.3 Å². The standard InChI is InChI=1S/C24H27N3OS/c1-16-5-6-17(2)27(16)15-18-7-9-19(10-8-18)24(28)26-22-14-20(11-12-21(22)25)23-4-3-13-29-23/h3-4,7-14,16-17H,5-6,15,25H2,1-2H3,(H,26,28)/t16-,17-/m1/s1. The van der Waals surface area contributed by atoms with Gasteiger partial charge in [0, 0.05) is 29.1 Å². The molecule has 5 heteroatoms. The van der Waals surface area contributed by atoms with Crippen LogP contribution in [0.5, 0.6) is 0 Å². The summed E-state index contributed by atoms with van der Waals surface area (Å²) in [6.07, 6.45) is 2.52. The van der Waals surface area contributed by atoms with Crippen LogP contribution in [0.25, 0.3) is 10.4 Å². The van der Waals surface area contributed by atoms with Gasteiger partial charge in [-0.3, -0.25) is 9.69 Å². The first-order valence-corrected chi connectivity index (χ1v) is 11.0. The van der Waals surface area contributed by atoms with E-state index in [9.17, 15) is 4.79 Å². The van der Waals surface area contributed by atoms with Crippen molar-refractivity contribution in [2.45, 2.75) is 45.3 Å². The van der Waals surface area contributed by atoms with Gasteiger partial charge in [0.2, 0.25) is 0 Å². The van der Waals surface area contributed by atoms with Crippen molar-refractivity contribution in [1.29, 1.82) is 0 Å². The van der Waals surface area contributed by atoms with Crippen molar-refractivity contribution < 1.29 is 4.79 Å². The van der Waals surface area contributed by atoms with E-state index < -0.39 is 0 Å². The lowest BCUT2D eigenvalue weighted by Crippen LogP contribution is -2.32. The molecule has 0 radical (unpaired) electrons. The van der Waals surface area contributed by atoms with Crippen molar-refractivity contribution in [1.82, 2.24) is 4.90 Å². The molecule has 29 heavy (non-hydrogen) atoms. The van der Waals surface area contributed by atoms with Crippen molar-refractivity contribution in [3.05, 3.63) is 71.1 Å². The zero-order valence-corrected chi connectivity index (χ0v) is 17.7. The summed E-state index contributed by atoms with van der Waals surface area (Å²) in [4.78, 5) is 16.4. The maximum atomic E-state index is 12.7. The highest BCUT2D eigenvalue weighted by molar-refractivity contribution is 7.13. The van der Waals surface area contributed by atoms with E-state index in [0.717, 1.165) is 17.0 Å². The Morgan fingerprint density at radius 1 is 1.10 bits per heavy atom. The molecule has 2 heterocycles. The average molecular weight is 406 g/mol. The molecule has 0 spiro atoms. The number of nitrogens with zero attached hydrogens (tertiary/aromatic N) is 1. The van der Waals surface area contributed by atoms with Crippen molar-refractivity contribution in [2.24, 2.45) is 0 Å². The zero-order chi connectivity index (χ0) is 20.4. The number of hydrogen-bond acceptors (Lipinski definition) is 4. The third kappa shape index (κ3) is 4.36. The lowest BCUT2D eigenvalue weighted by atomic mass is 10.1. The van der Waals surface area contributed by atoms with Gasteiger partial charge in [0.05, 0.1) is 11.4 Å². The lowest BCUT2D eigenvalue weighted by Gasteiger charge is -2.26. The van der Waals surface area contributed by atoms with Gasteiger partial charge in [-0.1, -0.05) is 24.3 Å². The van der Waals surface area contributed by atoms with Crippen LogP contribution in [0.2, 0.25) is 0 Å². The average Bonchev–Trinajstić information content (AvgIpc) is 3.36. The molecule has 3 aromatic rings. The third-order valence-electron chi connectivity index (χ3n) is 5.82. The van der Waals surface area contributed by atoms with Gasteiger partial charge in [-0.2, -0.15) is 0 Å². The number of nitrogens with two attached hydrogens (primary N) is 1. The first-order chi connectivity index (χ1) is 14.0. The normalized spacial score (nSPS) is 19.4. The number of likely N-dealkylation sites (tertiary alicyclic amines) is 1. The second-order valence-electron chi connectivity index (χ2n) is 7.88. The Morgan fingerprint density at radius 2 is 1.83 bits per heavy atom. The quantitative estimate of drug-likeness (QED) is 0.542. The number of thiophene rings is 1. The number of hydrogen-bond donors (Lipinski definition) is 2. The third-order valence-corrected chi connectivity index (χ3v) is 6.74. The summed E-state index contributed by atoms with van der Waals surface area (Å²) in [5.41, 5.74) is 10.2. The summed E-state index contributed by atoms with van der Waals surface area (Å²) in [7, 11) is 0. The highest BCUT2D eigenvalue weighted by Crippen LogP contribution is 2.30. The van der Waals surface area contributed by atoms with E-state index in [0.29, 0.717) is 29.0 Å². The van der Waals surface area contributed by atoms with Gasteiger partial charge in [0.25, 0.3) is 5.91 Å². The summed E-state index contributed by atoms with van der Waals surface area (Å²) < 4.78 is 0. The second kappa shape index (κ2) is 8.39. The van der Waals surface area contributed by atoms with Crippen LogP contribution < -0.4 is 11.1 Å². The maximum Gasteiger partial charge on any atom is 0.255 e. The van der Waals surface area contributed by atoms with E-state index in [2.05, 4.69) is 42.3 Å². The predicted molar refractivity (Wildman–Crippen MR) is 122 cm³/mol. The predicted octanol–water partition coefficient (Wildman–Crippen LogP) is 5.62. The van der Waals surface area contributed by atoms with E-state index in [1.165, 1.54) is 18.4 Å². The van der Waals surface area contributed by atoms with Crippen LogP contribution in [0.1, 0.15) is 42.6 Å². The fourth-order valence-electron chi connectivity index (χ4n) is 3.99. The number of benzene rings is 2. The number of carbonyl (C=O) groups is 1. The molecule has 4 rings (SSSR count). The van der Waals surface area contributed by atoms with Gasteiger partial charge < -0.3 is 11.1 Å². The Labute approximate surface area is 176 Å². The molecule has 0 saturated carbocycles. The van der Waals surface area contributed by atoms with Crippen LogP contribution in [0.4, 0.5) is 11.4 Å². The Hall–Kier alpha value is -2.63. The molecule has 1 aliphatic heterocycles. The molecule has 1 aromatic heterocycles. The van der Waals surface area contributed by atoms with Crippen molar-refractivity contribution >= 4 is 28.6 Å². The first kappa shape index (κ1) is 19.7. The Bertz CT molecular complexity index is 972. The van der Waals surface area contributed by atoms with E-state index >= 15 is 0 Å². The molecule has 0 bridgehead atoms. The number of carbonyl (C=O) groups excluding carboxylic acids is 1. The fourth-order valence-corrected chi connectivity index (χ4v) is 4.71. The van der Waals surface area contributed by atoms with Gasteiger partial charge in [-0.05, 0) is 73.5 Å². The summed E-state index contributed by atoms with van der Waals surface area (Å²) in [5, 5.41) is 5.00. The van der Waals surface area contributed by atoms with Crippen LogP contribution in [0.3, 0.4) is 0 Å². The van der Waals surface area contributed by atoms with Crippen molar-refractivity contribution in [3.63, 3.8) is 0 Å². The second-order valence-corrected chi connectivity index (χ2v) is 8.83. The van der Waals surface area contributed by atoms with Crippen LogP contribution in [0, 0.1) is 0 Å². The SMILES string of the molecule is C[C@@H]1CC[C@@H](C)N1Cc1ccc(C(=O)Nc2cc(-c3cccs3)ccc2N)cc1. The van der Waals surface area contributed by atoms with Gasteiger partial charge in [0.15, 0.2) is 0 Å². The molecule has 3 N–H and O–H groups in total. The molecule has 2 atom stereocenters. The van der Waals surface area contributed by atoms with Crippen molar-refractivity contribution in [2.75, 3.05) is 11.1 Å². The minimum atomic E-state index is -0.144. The van der Waals surface area contributed by atoms with E-state index in [1.807, 2.05) is 41.8 Å². The summed E-state index contributed by atoms with van der Waals surface area (Å²) in [6.45, 7) is 5.51. The summed E-state index contributed by atoms with van der Waals surface area (Å²) >= 11 is 1.66. The molecule has 0 unspecified atom stereocenters. The molecule has 1 saturated heterocycles. The van der Waals surface area contributed by atoms with E-state index in [4.69, 9.17) is 5.73 Å². The molecule has 2 aromatic carbocycles.